The monoisotopic (exact) mass is 533 g/mol. The summed E-state index contributed by atoms with van der Waals surface area (Å²) in [6, 6.07) is 21.0. The molecule has 0 bridgehead atoms. The number of hydrogen-bond donors (Lipinski definition) is 3. The first-order valence-electron chi connectivity index (χ1n) is 13.2. The first kappa shape index (κ1) is 26.3. The maximum atomic E-state index is 13.1. The molecule has 1 aromatic heterocycles. The smallest absolute Gasteiger partial charge is 0.241 e. The highest BCUT2D eigenvalue weighted by Gasteiger charge is 2.24. The Morgan fingerprint density at radius 2 is 1.50 bits per heavy atom. The van der Waals surface area contributed by atoms with Crippen molar-refractivity contribution in [2.75, 3.05) is 44.0 Å². The van der Waals surface area contributed by atoms with Crippen LogP contribution in [0.1, 0.15) is 25.7 Å². The fraction of sp³-hybridized carbons (Fsp3) is 0.379. The third-order valence-corrected chi connectivity index (χ3v) is 8.80. The Bertz CT molecular complexity index is 1480. The molecule has 0 atom stereocenters. The predicted octanol–water partition coefficient (Wildman–Crippen LogP) is 5.04. The van der Waals surface area contributed by atoms with Gasteiger partial charge in [0.1, 0.15) is 5.82 Å². The van der Waals surface area contributed by atoms with Gasteiger partial charge < -0.3 is 15.4 Å². The van der Waals surface area contributed by atoms with Crippen molar-refractivity contribution in [1.29, 1.82) is 0 Å². The minimum absolute atomic E-state index is 0.338. The van der Waals surface area contributed by atoms with Crippen molar-refractivity contribution in [1.82, 2.24) is 14.7 Å². The van der Waals surface area contributed by atoms with Crippen LogP contribution in [0, 0.1) is 11.8 Å². The molecule has 1 aliphatic rings. The summed E-state index contributed by atoms with van der Waals surface area (Å²) in [4.78, 5) is 9.76. The number of nitrogens with zero attached hydrogens (tertiary/aromatic N) is 2. The Kier molecular flexibility index (Phi) is 8.36. The number of ether oxygens (including phenoxy) is 1. The van der Waals surface area contributed by atoms with Gasteiger partial charge >= 0.3 is 0 Å². The van der Waals surface area contributed by atoms with Crippen LogP contribution in [0.25, 0.3) is 21.7 Å². The molecule has 9 heteroatoms. The van der Waals surface area contributed by atoms with Crippen LogP contribution in [-0.4, -0.2) is 51.7 Å². The molecule has 5 rings (SSSR count). The fourth-order valence-electron chi connectivity index (χ4n) is 5.17. The molecule has 1 aliphatic carbocycles. The summed E-state index contributed by atoms with van der Waals surface area (Å²) >= 11 is 0. The molecule has 38 heavy (non-hydrogen) atoms. The highest BCUT2D eigenvalue weighted by Crippen LogP contribution is 2.30. The van der Waals surface area contributed by atoms with Crippen LogP contribution >= 0.6 is 0 Å². The Hall–Kier alpha value is -3.27. The minimum Gasteiger partial charge on any atom is -0.383 e. The second-order valence-corrected chi connectivity index (χ2v) is 11.7. The lowest BCUT2D eigenvalue weighted by atomic mass is 9.82. The Morgan fingerprint density at radius 1 is 0.816 bits per heavy atom. The standard InChI is InChI=1S/C29H35N5O3S/c1-37-18-17-30-28-25-10-4-5-11-26(25)33-29(34-28)31-19-21-13-15-22(16-14-21)20-32-38(35,36)27-12-6-8-23-7-2-3-9-24(23)27/h2-12,21-22,32H,13-20H2,1H3,(H2,30,31,33,34)/t21-,22-. The molecule has 0 aliphatic heterocycles. The average Bonchev–Trinajstić information content (AvgIpc) is 2.95. The molecule has 1 fully saturated rings. The number of rotatable bonds is 11. The highest BCUT2D eigenvalue weighted by atomic mass is 32.2. The van der Waals surface area contributed by atoms with Crippen LogP contribution < -0.4 is 15.4 Å². The molecule has 3 N–H and O–H groups in total. The maximum absolute atomic E-state index is 13.1. The molecule has 1 saturated carbocycles. The molecule has 0 saturated heterocycles. The molecular formula is C29H35N5O3S. The third kappa shape index (κ3) is 6.23. The first-order chi connectivity index (χ1) is 18.5. The highest BCUT2D eigenvalue weighted by molar-refractivity contribution is 7.89. The van der Waals surface area contributed by atoms with Crippen LogP contribution in [-0.2, 0) is 14.8 Å². The van der Waals surface area contributed by atoms with Gasteiger partial charge in [-0.25, -0.2) is 18.1 Å². The molecule has 0 radical (unpaired) electrons. The molecule has 8 nitrogen and oxygen atoms in total. The van der Waals surface area contributed by atoms with E-state index in [-0.39, 0.29) is 0 Å². The third-order valence-electron chi connectivity index (χ3n) is 7.32. The average molecular weight is 534 g/mol. The lowest BCUT2D eigenvalue weighted by Gasteiger charge is -2.28. The van der Waals surface area contributed by atoms with E-state index in [2.05, 4.69) is 15.4 Å². The van der Waals surface area contributed by atoms with Crippen molar-refractivity contribution in [2.45, 2.75) is 30.6 Å². The predicted molar refractivity (Wildman–Crippen MR) is 153 cm³/mol. The van der Waals surface area contributed by atoms with Gasteiger partial charge in [-0.05, 0) is 61.1 Å². The minimum atomic E-state index is -3.57. The van der Waals surface area contributed by atoms with Crippen molar-refractivity contribution in [2.24, 2.45) is 11.8 Å². The van der Waals surface area contributed by atoms with Crippen molar-refractivity contribution < 1.29 is 13.2 Å². The van der Waals surface area contributed by atoms with Gasteiger partial charge in [0, 0.05) is 37.5 Å². The number of sulfonamides is 1. The number of nitrogens with one attached hydrogen (secondary N) is 3. The van der Waals surface area contributed by atoms with Crippen molar-refractivity contribution in [3.05, 3.63) is 66.7 Å². The number of para-hydroxylation sites is 1. The van der Waals surface area contributed by atoms with Crippen LogP contribution in [0.3, 0.4) is 0 Å². The van der Waals surface area contributed by atoms with Crippen LogP contribution in [0.15, 0.2) is 71.6 Å². The maximum Gasteiger partial charge on any atom is 0.241 e. The van der Waals surface area contributed by atoms with E-state index in [9.17, 15) is 8.42 Å². The summed E-state index contributed by atoms with van der Waals surface area (Å²) in [5.74, 6) is 2.26. The lowest BCUT2D eigenvalue weighted by molar-refractivity contribution is 0.210. The molecule has 0 spiro atoms. The number of benzene rings is 3. The van der Waals surface area contributed by atoms with E-state index in [1.165, 1.54) is 0 Å². The van der Waals surface area contributed by atoms with Crippen molar-refractivity contribution in [3.63, 3.8) is 0 Å². The first-order valence-corrected chi connectivity index (χ1v) is 14.7. The van der Waals surface area contributed by atoms with Gasteiger partial charge in [-0.15, -0.1) is 0 Å². The number of hydrogen-bond acceptors (Lipinski definition) is 7. The summed E-state index contributed by atoms with van der Waals surface area (Å²) in [6.45, 7) is 2.54. The van der Waals surface area contributed by atoms with E-state index < -0.39 is 10.0 Å². The summed E-state index contributed by atoms with van der Waals surface area (Å²) < 4.78 is 34.2. The molecule has 0 unspecified atom stereocenters. The quantitative estimate of drug-likeness (QED) is 0.232. The number of fused-ring (bicyclic) bond motifs is 2. The van der Waals surface area contributed by atoms with E-state index in [0.717, 1.165) is 59.7 Å². The number of anilines is 2. The lowest BCUT2D eigenvalue weighted by Crippen LogP contribution is -2.32. The molecule has 4 aromatic rings. The van der Waals surface area contributed by atoms with Gasteiger partial charge in [-0.1, -0.05) is 48.5 Å². The molecular weight excluding hydrogens is 498 g/mol. The van der Waals surface area contributed by atoms with Crippen LogP contribution in [0.2, 0.25) is 0 Å². The van der Waals surface area contributed by atoms with Crippen molar-refractivity contribution in [3.8, 4) is 0 Å². The van der Waals surface area contributed by atoms with Gasteiger partial charge in [0.05, 0.1) is 17.0 Å². The van der Waals surface area contributed by atoms with E-state index >= 15 is 0 Å². The largest absolute Gasteiger partial charge is 0.383 e. The van der Waals surface area contributed by atoms with Crippen LogP contribution in [0.4, 0.5) is 11.8 Å². The second kappa shape index (κ2) is 12.1. The fourth-order valence-corrected chi connectivity index (χ4v) is 6.52. The van der Waals surface area contributed by atoms with Gasteiger partial charge in [-0.3, -0.25) is 0 Å². The van der Waals surface area contributed by atoms with E-state index in [1.54, 1.807) is 19.2 Å². The van der Waals surface area contributed by atoms with Gasteiger partial charge in [0.25, 0.3) is 0 Å². The van der Waals surface area contributed by atoms with Crippen molar-refractivity contribution >= 4 is 43.5 Å². The van der Waals surface area contributed by atoms with Gasteiger partial charge in [-0.2, -0.15) is 4.98 Å². The Labute approximate surface area is 224 Å². The van der Waals surface area contributed by atoms with E-state index in [4.69, 9.17) is 14.7 Å². The molecule has 200 valence electrons. The second-order valence-electron chi connectivity index (χ2n) is 9.93. The SMILES string of the molecule is COCCNc1nc(NC[C@H]2CC[C@H](CNS(=O)(=O)c3cccc4ccccc34)CC2)nc2ccccc12. The summed E-state index contributed by atoms with van der Waals surface area (Å²) in [5.41, 5.74) is 0.895. The topological polar surface area (TPSA) is 105 Å². The molecule has 3 aromatic carbocycles. The molecule has 0 amide bonds. The number of aromatic nitrogens is 2. The molecule has 1 heterocycles. The summed E-state index contributed by atoms with van der Waals surface area (Å²) in [5, 5.41) is 9.46. The van der Waals surface area contributed by atoms with Gasteiger partial charge in [0.2, 0.25) is 16.0 Å². The Balaban J connectivity index is 1.14. The summed E-state index contributed by atoms with van der Waals surface area (Å²) in [7, 11) is -1.89. The number of methoxy groups -OCH3 is 1. The van der Waals surface area contributed by atoms with Crippen LogP contribution in [0.5, 0.6) is 0 Å². The van der Waals surface area contributed by atoms with E-state index in [0.29, 0.717) is 42.4 Å². The van der Waals surface area contributed by atoms with Gasteiger partial charge in [0.15, 0.2) is 0 Å². The zero-order valence-electron chi connectivity index (χ0n) is 21.7. The van der Waals surface area contributed by atoms with E-state index in [1.807, 2.05) is 54.6 Å². The Morgan fingerprint density at radius 3 is 2.29 bits per heavy atom. The summed E-state index contributed by atoms with van der Waals surface area (Å²) in [6.07, 6.45) is 4.07. The zero-order valence-corrected chi connectivity index (χ0v) is 22.5. The normalized spacial score (nSPS) is 18.0. The zero-order chi connectivity index (χ0) is 26.4.